The zero-order valence-electron chi connectivity index (χ0n) is 14.1. The van der Waals surface area contributed by atoms with Gasteiger partial charge in [-0.3, -0.25) is 4.79 Å². The fourth-order valence-electron chi connectivity index (χ4n) is 2.51. The van der Waals surface area contributed by atoms with Crippen LogP contribution in [0.25, 0.3) is 0 Å². The van der Waals surface area contributed by atoms with E-state index in [1.54, 1.807) is 12.1 Å². The fourth-order valence-corrected chi connectivity index (χ4v) is 4.01. The van der Waals surface area contributed by atoms with Crippen molar-refractivity contribution in [3.05, 3.63) is 46.4 Å². The molecule has 0 aromatic heterocycles. The summed E-state index contributed by atoms with van der Waals surface area (Å²) in [5.41, 5.74) is 1.61. The maximum absolute atomic E-state index is 12.5. The lowest BCUT2D eigenvalue weighted by molar-refractivity contribution is -0.115. The highest BCUT2D eigenvalue weighted by Crippen LogP contribution is 2.32. The molecule has 26 heavy (non-hydrogen) atoms. The predicted molar refractivity (Wildman–Crippen MR) is 102 cm³/mol. The van der Waals surface area contributed by atoms with Crippen LogP contribution < -0.4 is 14.8 Å². The van der Waals surface area contributed by atoms with Crippen molar-refractivity contribution in [1.82, 2.24) is 0 Å². The molecule has 0 unspecified atom stereocenters. The normalized spacial score (nSPS) is 13.3. The van der Waals surface area contributed by atoms with Gasteiger partial charge >= 0.3 is 0 Å². The SMILES string of the molecule is Cc1cc(NC(=O)CCS(=O)(=O)c2ccc3c(c2)OCCO3)ccc1Br. The van der Waals surface area contributed by atoms with E-state index >= 15 is 0 Å². The van der Waals surface area contributed by atoms with Crippen molar-refractivity contribution in [2.24, 2.45) is 0 Å². The monoisotopic (exact) mass is 439 g/mol. The van der Waals surface area contributed by atoms with E-state index in [2.05, 4.69) is 21.2 Å². The highest BCUT2D eigenvalue weighted by molar-refractivity contribution is 9.10. The molecule has 3 rings (SSSR count). The Hall–Kier alpha value is -2.06. The summed E-state index contributed by atoms with van der Waals surface area (Å²) >= 11 is 3.39. The van der Waals surface area contributed by atoms with Gasteiger partial charge in [-0.1, -0.05) is 15.9 Å². The Morgan fingerprint density at radius 3 is 2.58 bits per heavy atom. The number of aryl methyl sites for hydroxylation is 1. The molecule has 0 aliphatic carbocycles. The van der Waals surface area contributed by atoms with E-state index in [1.807, 2.05) is 19.1 Å². The zero-order chi connectivity index (χ0) is 18.7. The summed E-state index contributed by atoms with van der Waals surface area (Å²) in [7, 11) is -3.60. The van der Waals surface area contributed by atoms with Gasteiger partial charge in [0, 0.05) is 22.6 Å². The van der Waals surface area contributed by atoms with Gasteiger partial charge in [-0.25, -0.2) is 8.42 Å². The van der Waals surface area contributed by atoms with E-state index in [0.717, 1.165) is 10.0 Å². The second-order valence-electron chi connectivity index (χ2n) is 5.89. The van der Waals surface area contributed by atoms with Crippen LogP contribution in [-0.2, 0) is 14.6 Å². The van der Waals surface area contributed by atoms with Crippen molar-refractivity contribution in [2.75, 3.05) is 24.3 Å². The van der Waals surface area contributed by atoms with E-state index in [0.29, 0.717) is 30.4 Å². The summed E-state index contributed by atoms with van der Waals surface area (Å²) < 4.78 is 36.7. The van der Waals surface area contributed by atoms with Gasteiger partial charge in [-0.05, 0) is 42.8 Å². The third-order valence-corrected chi connectivity index (χ3v) is 6.52. The third-order valence-electron chi connectivity index (χ3n) is 3.91. The summed E-state index contributed by atoms with van der Waals surface area (Å²) in [5, 5.41) is 2.72. The lowest BCUT2D eigenvalue weighted by atomic mass is 10.2. The summed E-state index contributed by atoms with van der Waals surface area (Å²) in [6, 6.07) is 9.89. The molecular formula is C18H18BrNO5S. The first-order valence-electron chi connectivity index (χ1n) is 8.03. The Balaban J connectivity index is 1.64. The quantitative estimate of drug-likeness (QED) is 0.772. The first kappa shape index (κ1) is 18.7. The molecule has 1 N–H and O–H groups in total. The first-order chi connectivity index (χ1) is 12.3. The van der Waals surface area contributed by atoms with Crippen LogP contribution in [0.3, 0.4) is 0 Å². The minimum absolute atomic E-state index is 0.119. The number of benzene rings is 2. The first-order valence-corrected chi connectivity index (χ1v) is 10.5. The van der Waals surface area contributed by atoms with Crippen molar-refractivity contribution in [1.29, 1.82) is 0 Å². The van der Waals surface area contributed by atoms with Gasteiger partial charge in [0.05, 0.1) is 10.6 Å². The number of anilines is 1. The lowest BCUT2D eigenvalue weighted by Gasteiger charge is -2.18. The number of hydrogen-bond acceptors (Lipinski definition) is 5. The topological polar surface area (TPSA) is 81.7 Å². The van der Waals surface area contributed by atoms with E-state index in [1.165, 1.54) is 12.1 Å². The van der Waals surface area contributed by atoms with Crippen molar-refractivity contribution in [2.45, 2.75) is 18.2 Å². The zero-order valence-corrected chi connectivity index (χ0v) is 16.5. The molecule has 0 atom stereocenters. The molecule has 1 amide bonds. The summed E-state index contributed by atoms with van der Waals surface area (Å²) in [5.74, 6) is 0.298. The average Bonchev–Trinajstić information content (AvgIpc) is 2.63. The van der Waals surface area contributed by atoms with Crippen molar-refractivity contribution in [3.8, 4) is 11.5 Å². The molecule has 0 fully saturated rings. The number of fused-ring (bicyclic) bond motifs is 1. The van der Waals surface area contributed by atoms with Crippen molar-refractivity contribution in [3.63, 3.8) is 0 Å². The number of rotatable bonds is 5. The molecule has 1 heterocycles. The van der Waals surface area contributed by atoms with Crippen LogP contribution in [-0.4, -0.2) is 33.3 Å². The maximum atomic E-state index is 12.5. The third kappa shape index (κ3) is 4.37. The molecule has 6 nitrogen and oxygen atoms in total. The molecule has 0 radical (unpaired) electrons. The average molecular weight is 440 g/mol. The Morgan fingerprint density at radius 2 is 1.85 bits per heavy atom. The number of carbonyl (C=O) groups is 1. The van der Waals surface area contributed by atoms with Gasteiger partial charge in [-0.15, -0.1) is 0 Å². The molecular weight excluding hydrogens is 422 g/mol. The Kier molecular flexibility index (Phi) is 5.52. The van der Waals surface area contributed by atoms with Crippen LogP contribution in [0.1, 0.15) is 12.0 Å². The number of amides is 1. The largest absolute Gasteiger partial charge is 0.486 e. The number of halogens is 1. The maximum Gasteiger partial charge on any atom is 0.225 e. The number of hydrogen-bond donors (Lipinski definition) is 1. The molecule has 0 saturated carbocycles. The van der Waals surface area contributed by atoms with Crippen LogP contribution in [0.15, 0.2) is 45.8 Å². The van der Waals surface area contributed by atoms with Gasteiger partial charge in [0.1, 0.15) is 13.2 Å². The number of ether oxygens (including phenoxy) is 2. The number of nitrogens with one attached hydrogen (secondary N) is 1. The van der Waals surface area contributed by atoms with Gasteiger partial charge in [0.25, 0.3) is 0 Å². The Morgan fingerprint density at radius 1 is 1.12 bits per heavy atom. The Bertz CT molecular complexity index is 943. The van der Waals surface area contributed by atoms with Crippen LogP contribution >= 0.6 is 15.9 Å². The van der Waals surface area contributed by atoms with Crippen LogP contribution in [0.2, 0.25) is 0 Å². The minimum Gasteiger partial charge on any atom is -0.486 e. The standard InChI is InChI=1S/C18H18BrNO5S/c1-12-10-13(2-4-15(12)19)20-18(21)6-9-26(22,23)14-3-5-16-17(11-14)25-8-7-24-16/h2-5,10-11H,6-9H2,1H3,(H,20,21). The second-order valence-corrected chi connectivity index (χ2v) is 8.85. The van der Waals surface area contributed by atoms with E-state index in [9.17, 15) is 13.2 Å². The number of sulfone groups is 1. The molecule has 1 aliphatic rings. The van der Waals surface area contributed by atoms with Crippen molar-refractivity contribution < 1.29 is 22.7 Å². The van der Waals surface area contributed by atoms with E-state index < -0.39 is 9.84 Å². The molecule has 8 heteroatoms. The van der Waals surface area contributed by atoms with Crippen LogP contribution in [0.4, 0.5) is 5.69 Å². The van der Waals surface area contributed by atoms with Gasteiger partial charge in [0.2, 0.25) is 5.91 Å². The Labute approximate surface area is 160 Å². The second kappa shape index (κ2) is 7.67. The highest BCUT2D eigenvalue weighted by Gasteiger charge is 2.20. The number of carbonyl (C=O) groups excluding carboxylic acids is 1. The van der Waals surface area contributed by atoms with Gasteiger partial charge in [-0.2, -0.15) is 0 Å². The molecule has 0 spiro atoms. The van der Waals surface area contributed by atoms with Gasteiger partial charge in [0.15, 0.2) is 21.3 Å². The van der Waals surface area contributed by atoms with Crippen LogP contribution in [0, 0.1) is 6.92 Å². The summed E-state index contributed by atoms with van der Waals surface area (Å²) in [6.07, 6.45) is -0.133. The minimum atomic E-state index is -3.60. The van der Waals surface area contributed by atoms with E-state index in [4.69, 9.17) is 9.47 Å². The molecule has 0 bridgehead atoms. The molecule has 0 saturated heterocycles. The molecule has 138 valence electrons. The molecule has 2 aromatic carbocycles. The molecule has 2 aromatic rings. The van der Waals surface area contributed by atoms with Crippen LogP contribution in [0.5, 0.6) is 11.5 Å². The summed E-state index contributed by atoms with van der Waals surface area (Å²) in [6.45, 7) is 2.73. The highest BCUT2D eigenvalue weighted by atomic mass is 79.9. The van der Waals surface area contributed by atoms with Crippen molar-refractivity contribution >= 4 is 37.4 Å². The van der Waals surface area contributed by atoms with E-state index in [-0.39, 0.29) is 23.0 Å². The van der Waals surface area contributed by atoms with Gasteiger partial charge < -0.3 is 14.8 Å². The summed E-state index contributed by atoms with van der Waals surface area (Å²) in [4.78, 5) is 12.2. The molecule has 1 aliphatic heterocycles. The predicted octanol–water partition coefficient (Wildman–Crippen LogP) is 3.33. The fraction of sp³-hybridized carbons (Fsp3) is 0.278. The smallest absolute Gasteiger partial charge is 0.225 e. The lowest BCUT2D eigenvalue weighted by Crippen LogP contribution is -2.18.